The lowest BCUT2D eigenvalue weighted by Gasteiger charge is -2.06. The van der Waals surface area contributed by atoms with Crippen LogP contribution in [-0.4, -0.2) is 16.1 Å². The molecule has 0 amide bonds. The molecule has 1 aromatic rings. The van der Waals surface area contributed by atoms with E-state index >= 15 is 0 Å². The van der Waals surface area contributed by atoms with Gasteiger partial charge in [-0.15, -0.1) is 0 Å². The summed E-state index contributed by atoms with van der Waals surface area (Å²) in [5.41, 5.74) is -0.862. The second-order valence-electron chi connectivity index (χ2n) is 2.66. The summed E-state index contributed by atoms with van der Waals surface area (Å²) in [6, 6.07) is 0. The lowest BCUT2D eigenvalue weighted by atomic mass is 10.2. The Morgan fingerprint density at radius 3 is 2.67 bits per heavy atom. The molecule has 3 nitrogen and oxygen atoms in total. The second kappa shape index (κ2) is 4.77. The Bertz CT molecular complexity index is 398. The van der Waals surface area contributed by atoms with Gasteiger partial charge in [-0.2, -0.15) is 0 Å². The van der Waals surface area contributed by atoms with Crippen LogP contribution in [0, 0.1) is 9.39 Å². The number of carboxylic acids is 1. The molecule has 15 heavy (non-hydrogen) atoms. The number of aliphatic carboxylic acids is 1. The highest BCUT2D eigenvalue weighted by Crippen LogP contribution is 2.26. The topological polar surface area (TPSA) is 50.2 Å². The van der Waals surface area contributed by atoms with Gasteiger partial charge in [0.15, 0.2) is 5.82 Å². The van der Waals surface area contributed by atoms with Gasteiger partial charge < -0.3 is 5.11 Å². The van der Waals surface area contributed by atoms with Crippen molar-refractivity contribution in [3.63, 3.8) is 0 Å². The summed E-state index contributed by atoms with van der Waals surface area (Å²) in [6.45, 7) is 0. The van der Waals surface area contributed by atoms with Crippen LogP contribution >= 0.6 is 22.6 Å². The van der Waals surface area contributed by atoms with Crippen LogP contribution in [-0.2, 0) is 11.2 Å². The minimum atomic E-state index is -2.82. The van der Waals surface area contributed by atoms with Crippen LogP contribution in [0.4, 0.5) is 13.2 Å². The summed E-state index contributed by atoms with van der Waals surface area (Å²) in [6.07, 6.45) is -2.64. The molecule has 82 valence electrons. The molecule has 7 heteroatoms. The predicted octanol–water partition coefficient (Wildman–Crippen LogP) is 2.39. The van der Waals surface area contributed by atoms with Gasteiger partial charge in [0, 0.05) is 6.20 Å². The first-order valence-electron chi connectivity index (χ1n) is 3.76. The fraction of sp³-hybridized carbons (Fsp3) is 0.250. The number of halogens is 4. The molecule has 0 aromatic carbocycles. The van der Waals surface area contributed by atoms with Crippen molar-refractivity contribution < 1.29 is 23.1 Å². The maximum Gasteiger partial charge on any atom is 0.309 e. The lowest BCUT2D eigenvalue weighted by Crippen LogP contribution is -2.08. The Hall–Kier alpha value is -0.860. The predicted molar refractivity (Wildman–Crippen MR) is 53.2 cm³/mol. The summed E-state index contributed by atoms with van der Waals surface area (Å²) in [5, 5.41) is 8.40. The van der Waals surface area contributed by atoms with Crippen molar-refractivity contribution >= 4 is 28.6 Å². The number of pyridine rings is 1. The van der Waals surface area contributed by atoms with E-state index in [0.29, 0.717) is 0 Å². The van der Waals surface area contributed by atoms with E-state index in [4.69, 9.17) is 5.11 Å². The van der Waals surface area contributed by atoms with Crippen molar-refractivity contribution in [1.82, 2.24) is 4.98 Å². The summed E-state index contributed by atoms with van der Waals surface area (Å²) in [4.78, 5) is 13.7. The van der Waals surface area contributed by atoms with E-state index in [0.717, 1.165) is 6.20 Å². The summed E-state index contributed by atoms with van der Waals surface area (Å²) in [7, 11) is 0. The molecule has 0 aliphatic heterocycles. The van der Waals surface area contributed by atoms with E-state index in [1.807, 2.05) is 0 Å². The van der Waals surface area contributed by atoms with Crippen molar-refractivity contribution in [2.24, 2.45) is 0 Å². The van der Waals surface area contributed by atoms with Gasteiger partial charge in [0.1, 0.15) is 0 Å². The van der Waals surface area contributed by atoms with Crippen molar-refractivity contribution in [3.05, 3.63) is 26.8 Å². The van der Waals surface area contributed by atoms with Crippen LogP contribution in [0.3, 0.4) is 0 Å². The molecule has 0 aliphatic carbocycles. The first kappa shape index (κ1) is 12.2. The van der Waals surface area contributed by atoms with Crippen LogP contribution < -0.4 is 0 Å². The van der Waals surface area contributed by atoms with E-state index in [-0.39, 0.29) is 9.26 Å². The van der Waals surface area contributed by atoms with Crippen molar-refractivity contribution in [2.75, 3.05) is 0 Å². The molecular weight excluding hydrogens is 326 g/mol. The molecule has 1 heterocycles. The first-order valence-corrected chi connectivity index (χ1v) is 4.84. The van der Waals surface area contributed by atoms with Crippen molar-refractivity contribution in [3.8, 4) is 0 Å². The third kappa shape index (κ3) is 2.80. The number of alkyl halides is 2. The van der Waals surface area contributed by atoms with Gasteiger partial charge in [-0.25, -0.2) is 13.2 Å². The average molecular weight is 331 g/mol. The van der Waals surface area contributed by atoms with Gasteiger partial charge in [-0.1, -0.05) is 0 Å². The number of nitrogens with zero attached hydrogens (tertiary/aromatic N) is 1. The van der Waals surface area contributed by atoms with Crippen LogP contribution in [0.25, 0.3) is 0 Å². The molecule has 1 rings (SSSR count). The molecule has 0 radical (unpaired) electrons. The SMILES string of the molecule is O=C(O)Cc1ncc(C(F)F)c(I)c1F. The second-order valence-corrected chi connectivity index (χ2v) is 3.74. The quantitative estimate of drug-likeness (QED) is 0.866. The average Bonchev–Trinajstić information content (AvgIpc) is 2.12. The van der Waals surface area contributed by atoms with E-state index in [1.165, 1.54) is 22.6 Å². The molecule has 0 spiro atoms. The fourth-order valence-electron chi connectivity index (χ4n) is 0.933. The van der Waals surface area contributed by atoms with Gasteiger partial charge in [-0.3, -0.25) is 9.78 Å². The smallest absolute Gasteiger partial charge is 0.309 e. The number of hydrogen-bond donors (Lipinski definition) is 1. The molecule has 0 aliphatic rings. The molecule has 0 fully saturated rings. The molecule has 0 saturated carbocycles. The van der Waals surface area contributed by atoms with Gasteiger partial charge in [0.2, 0.25) is 0 Å². The maximum absolute atomic E-state index is 13.3. The fourth-order valence-corrected chi connectivity index (χ4v) is 1.62. The Balaban J connectivity index is 3.15. The van der Waals surface area contributed by atoms with E-state index in [9.17, 15) is 18.0 Å². The Kier molecular flexibility index (Phi) is 3.89. The largest absolute Gasteiger partial charge is 0.481 e. The molecule has 0 unspecified atom stereocenters. The van der Waals surface area contributed by atoms with Crippen molar-refractivity contribution in [2.45, 2.75) is 12.8 Å². The number of carbonyl (C=O) groups is 1. The van der Waals surface area contributed by atoms with Crippen LogP contribution in [0.15, 0.2) is 6.20 Å². The number of rotatable bonds is 3. The number of aromatic nitrogens is 1. The zero-order valence-corrected chi connectivity index (χ0v) is 9.33. The van der Waals surface area contributed by atoms with Gasteiger partial charge in [0.25, 0.3) is 6.43 Å². The van der Waals surface area contributed by atoms with Crippen LogP contribution in [0.1, 0.15) is 17.7 Å². The van der Waals surface area contributed by atoms with Crippen LogP contribution in [0.5, 0.6) is 0 Å². The molecular formula is C8H5F3INO2. The van der Waals surface area contributed by atoms with E-state index < -0.39 is 30.2 Å². The van der Waals surface area contributed by atoms with Crippen LogP contribution in [0.2, 0.25) is 0 Å². The highest BCUT2D eigenvalue weighted by atomic mass is 127. The van der Waals surface area contributed by atoms with Gasteiger partial charge in [-0.05, 0) is 22.6 Å². The standard InChI is InChI=1S/C8H5F3INO2/c9-6-4(1-5(14)15)13-2-3(7(6)12)8(10)11/h2,8H,1H2,(H,14,15). The minimum Gasteiger partial charge on any atom is -0.481 e. The number of hydrogen-bond acceptors (Lipinski definition) is 2. The van der Waals surface area contributed by atoms with Gasteiger partial charge in [0.05, 0.1) is 21.2 Å². The zero-order valence-electron chi connectivity index (χ0n) is 7.18. The van der Waals surface area contributed by atoms with Crippen molar-refractivity contribution in [1.29, 1.82) is 0 Å². The molecule has 1 N–H and O–H groups in total. The normalized spacial score (nSPS) is 10.7. The molecule has 0 saturated heterocycles. The van der Waals surface area contributed by atoms with Gasteiger partial charge >= 0.3 is 5.97 Å². The first-order chi connectivity index (χ1) is 6.93. The molecule has 0 atom stereocenters. The Labute approximate surface area is 96.5 Å². The molecule has 1 aromatic heterocycles. The Morgan fingerprint density at radius 2 is 2.20 bits per heavy atom. The highest BCUT2D eigenvalue weighted by molar-refractivity contribution is 14.1. The zero-order chi connectivity index (χ0) is 11.6. The lowest BCUT2D eigenvalue weighted by molar-refractivity contribution is -0.136. The summed E-state index contributed by atoms with van der Waals surface area (Å²) >= 11 is 1.40. The monoisotopic (exact) mass is 331 g/mol. The summed E-state index contributed by atoms with van der Waals surface area (Å²) < 4.78 is 37.6. The minimum absolute atomic E-state index is 0.283. The van der Waals surface area contributed by atoms with E-state index in [2.05, 4.69) is 4.98 Å². The highest BCUT2D eigenvalue weighted by Gasteiger charge is 2.19. The van der Waals surface area contributed by atoms with E-state index in [1.54, 1.807) is 0 Å². The maximum atomic E-state index is 13.3. The summed E-state index contributed by atoms with van der Waals surface area (Å²) in [5.74, 6) is -2.25. The Morgan fingerprint density at radius 1 is 1.60 bits per heavy atom. The number of carboxylic acid groups (broad SMARTS) is 1. The molecule has 0 bridgehead atoms. The third-order valence-corrected chi connectivity index (χ3v) is 2.71. The third-order valence-electron chi connectivity index (χ3n) is 1.61.